The summed E-state index contributed by atoms with van der Waals surface area (Å²) in [5.41, 5.74) is 8.23. The van der Waals surface area contributed by atoms with Crippen LogP contribution in [0.2, 0.25) is 0 Å². The molecule has 2 aliphatic heterocycles. The maximum atomic E-state index is 12.7. The van der Waals surface area contributed by atoms with Gasteiger partial charge in [-0.1, -0.05) is 12.1 Å². The van der Waals surface area contributed by atoms with Crippen LogP contribution in [0.4, 0.5) is 5.95 Å². The summed E-state index contributed by atoms with van der Waals surface area (Å²) in [5.74, 6) is 0.262. The summed E-state index contributed by atoms with van der Waals surface area (Å²) >= 11 is 0. The number of nitrogens with zero attached hydrogens (tertiary/aromatic N) is 5. The molecule has 4 rings (SSSR count). The van der Waals surface area contributed by atoms with E-state index in [4.69, 9.17) is 15.5 Å². The first kappa shape index (κ1) is 22.2. The molecular weight excluding hydrogens is 408 g/mol. The third-order valence-corrected chi connectivity index (χ3v) is 5.94. The smallest absolute Gasteiger partial charge is 0.248 e. The number of ether oxygens (including phenoxy) is 1. The lowest BCUT2D eigenvalue weighted by Gasteiger charge is -2.34. The second-order valence-electron chi connectivity index (χ2n) is 8.49. The van der Waals surface area contributed by atoms with Crippen molar-refractivity contribution in [1.29, 1.82) is 0 Å². The summed E-state index contributed by atoms with van der Waals surface area (Å²) < 4.78 is 6.11. The molecule has 2 aromatic rings. The zero-order valence-electron chi connectivity index (χ0n) is 18.7. The van der Waals surface area contributed by atoms with Crippen molar-refractivity contribution >= 4 is 17.8 Å². The van der Waals surface area contributed by atoms with E-state index in [-0.39, 0.29) is 12.0 Å². The van der Waals surface area contributed by atoms with Gasteiger partial charge >= 0.3 is 0 Å². The highest BCUT2D eigenvalue weighted by molar-refractivity contribution is 5.94. The Bertz CT molecular complexity index is 989. The molecule has 2 fully saturated rings. The first-order chi connectivity index (χ1) is 15.4. The van der Waals surface area contributed by atoms with Gasteiger partial charge in [0.05, 0.1) is 18.8 Å². The van der Waals surface area contributed by atoms with E-state index >= 15 is 0 Å². The zero-order chi connectivity index (χ0) is 22.7. The topological polar surface area (TPSA) is 105 Å². The van der Waals surface area contributed by atoms with Crippen molar-refractivity contribution in [3.63, 3.8) is 0 Å². The van der Waals surface area contributed by atoms with Crippen LogP contribution in [0.1, 0.15) is 35.0 Å². The van der Waals surface area contributed by atoms with Gasteiger partial charge in [-0.15, -0.1) is 0 Å². The number of anilines is 1. The summed E-state index contributed by atoms with van der Waals surface area (Å²) in [4.78, 5) is 39.5. The number of aromatic nitrogens is 2. The normalized spacial score (nSPS) is 19.2. The van der Waals surface area contributed by atoms with Crippen molar-refractivity contribution in [3.05, 3.63) is 41.7 Å². The van der Waals surface area contributed by atoms with Gasteiger partial charge in [0.15, 0.2) is 0 Å². The van der Waals surface area contributed by atoms with Gasteiger partial charge in [-0.05, 0) is 30.5 Å². The second-order valence-corrected chi connectivity index (χ2v) is 8.49. The number of hydrogen-bond acceptors (Lipinski definition) is 7. The van der Waals surface area contributed by atoms with E-state index in [1.807, 2.05) is 30.0 Å². The molecule has 170 valence electrons. The molecule has 1 aromatic heterocycles. The van der Waals surface area contributed by atoms with Crippen LogP contribution < -0.4 is 10.6 Å². The number of benzene rings is 1. The average molecular weight is 439 g/mol. The van der Waals surface area contributed by atoms with E-state index in [0.717, 1.165) is 42.8 Å². The highest BCUT2D eigenvalue weighted by Gasteiger charge is 2.29. The lowest BCUT2D eigenvalue weighted by atomic mass is 9.99. The fourth-order valence-corrected chi connectivity index (χ4v) is 4.18. The number of carbonyl (C=O) groups excluding carboxylic acids is 2. The van der Waals surface area contributed by atoms with E-state index in [1.54, 1.807) is 24.4 Å². The molecule has 0 saturated carbocycles. The van der Waals surface area contributed by atoms with Crippen LogP contribution in [0.25, 0.3) is 11.1 Å². The SMILES string of the molecule is CN(C)c1ncc(-c2cccc(C(N)=O)c2)c([C@@H]2CN(CC(=O)N3CCCC3)CCO2)n1. The van der Waals surface area contributed by atoms with Gasteiger partial charge in [-0.2, -0.15) is 0 Å². The number of morpholine rings is 1. The fraction of sp³-hybridized carbons (Fsp3) is 0.478. The Morgan fingerprint density at radius 1 is 1.22 bits per heavy atom. The van der Waals surface area contributed by atoms with Crippen LogP contribution in [0.15, 0.2) is 30.5 Å². The molecule has 9 heteroatoms. The van der Waals surface area contributed by atoms with Crippen molar-refractivity contribution in [2.75, 3.05) is 58.3 Å². The predicted molar refractivity (Wildman–Crippen MR) is 121 cm³/mol. The number of carbonyl (C=O) groups is 2. The molecule has 0 unspecified atom stereocenters. The molecule has 9 nitrogen and oxygen atoms in total. The predicted octanol–water partition coefficient (Wildman–Crippen LogP) is 1.30. The van der Waals surface area contributed by atoms with Crippen LogP contribution in [-0.4, -0.2) is 85.0 Å². The Balaban J connectivity index is 1.62. The van der Waals surface area contributed by atoms with Gasteiger partial charge in [0.1, 0.15) is 6.10 Å². The third kappa shape index (κ3) is 4.89. The molecular formula is C23H30N6O3. The number of amides is 2. The molecule has 1 atom stereocenters. The Morgan fingerprint density at radius 3 is 2.72 bits per heavy atom. The Labute approximate surface area is 188 Å². The van der Waals surface area contributed by atoms with Crippen molar-refractivity contribution < 1.29 is 14.3 Å². The van der Waals surface area contributed by atoms with Gasteiger partial charge in [0.2, 0.25) is 17.8 Å². The van der Waals surface area contributed by atoms with E-state index in [9.17, 15) is 9.59 Å². The third-order valence-electron chi connectivity index (χ3n) is 5.94. The van der Waals surface area contributed by atoms with Gasteiger partial charge in [-0.3, -0.25) is 14.5 Å². The van der Waals surface area contributed by atoms with Crippen LogP contribution >= 0.6 is 0 Å². The summed E-state index contributed by atoms with van der Waals surface area (Å²) in [6, 6.07) is 7.13. The van der Waals surface area contributed by atoms with Gasteiger partial charge in [0, 0.05) is 57.6 Å². The number of likely N-dealkylation sites (tertiary alicyclic amines) is 1. The van der Waals surface area contributed by atoms with Crippen LogP contribution in [0, 0.1) is 0 Å². The molecule has 0 radical (unpaired) electrons. The summed E-state index contributed by atoms with van der Waals surface area (Å²) in [6.45, 7) is 3.87. The van der Waals surface area contributed by atoms with E-state index in [0.29, 0.717) is 37.8 Å². The lowest BCUT2D eigenvalue weighted by Crippen LogP contribution is -2.45. The van der Waals surface area contributed by atoms with E-state index < -0.39 is 5.91 Å². The molecule has 0 aliphatic carbocycles. The molecule has 2 aliphatic rings. The molecule has 0 spiro atoms. The van der Waals surface area contributed by atoms with Crippen molar-refractivity contribution in [2.45, 2.75) is 18.9 Å². The lowest BCUT2D eigenvalue weighted by molar-refractivity contribution is -0.133. The van der Waals surface area contributed by atoms with Crippen LogP contribution in [-0.2, 0) is 9.53 Å². The minimum atomic E-state index is -0.486. The van der Waals surface area contributed by atoms with Gasteiger partial charge < -0.3 is 20.3 Å². The van der Waals surface area contributed by atoms with Gasteiger partial charge in [0.25, 0.3) is 0 Å². The molecule has 1 aromatic carbocycles. The van der Waals surface area contributed by atoms with Crippen LogP contribution in [0.3, 0.4) is 0 Å². The number of hydrogen-bond donors (Lipinski definition) is 1. The molecule has 2 saturated heterocycles. The molecule has 2 amide bonds. The monoisotopic (exact) mass is 438 g/mol. The zero-order valence-corrected chi connectivity index (χ0v) is 18.7. The van der Waals surface area contributed by atoms with E-state index in [2.05, 4.69) is 9.88 Å². The van der Waals surface area contributed by atoms with Crippen molar-refractivity contribution in [1.82, 2.24) is 19.8 Å². The maximum Gasteiger partial charge on any atom is 0.248 e. The highest BCUT2D eigenvalue weighted by atomic mass is 16.5. The summed E-state index contributed by atoms with van der Waals surface area (Å²) in [7, 11) is 3.77. The average Bonchev–Trinajstić information content (AvgIpc) is 3.34. The Hall–Kier alpha value is -3.04. The maximum absolute atomic E-state index is 12.7. The molecule has 2 N–H and O–H groups in total. The minimum absolute atomic E-state index is 0.175. The molecule has 3 heterocycles. The van der Waals surface area contributed by atoms with E-state index in [1.165, 1.54) is 0 Å². The number of nitrogens with two attached hydrogens (primary N) is 1. The minimum Gasteiger partial charge on any atom is -0.369 e. The number of primary amides is 1. The first-order valence-corrected chi connectivity index (χ1v) is 11.0. The quantitative estimate of drug-likeness (QED) is 0.725. The van der Waals surface area contributed by atoms with Crippen molar-refractivity contribution in [3.8, 4) is 11.1 Å². The molecule has 0 bridgehead atoms. The fourth-order valence-electron chi connectivity index (χ4n) is 4.18. The van der Waals surface area contributed by atoms with Crippen molar-refractivity contribution in [2.24, 2.45) is 5.73 Å². The number of rotatable bonds is 6. The summed E-state index contributed by atoms with van der Waals surface area (Å²) in [5, 5.41) is 0. The Kier molecular flexibility index (Phi) is 6.66. The standard InChI is InChI=1S/C23H30N6O3/c1-27(2)23-25-13-18(16-6-5-7-17(12-16)22(24)31)21(26-23)19-14-28(10-11-32-19)15-20(30)29-8-3-4-9-29/h5-7,12-13,19H,3-4,8-11,14-15H2,1-2H3,(H2,24,31)/t19-/m0/s1. The first-order valence-electron chi connectivity index (χ1n) is 11.0. The van der Waals surface area contributed by atoms with Crippen LogP contribution in [0.5, 0.6) is 0 Å². The molecule has 32 heavy (non-hydrogen) atoms. The second kappa shape index (κ2) is 9.62. The van der Waals surface area contributed by atoms with Gasteiger partial charge in [-0.25, -0.2) is 9.97 Å². The Morgan fingerprint density at radius 2 is 2.00 bits per heavy atom. The summed E-state index contributed by atoms with van der Waals surface area (Å²) in [6.07, 6.45) is 3.61. The largest absolute Gasteiger partial charge is 0.369 e. The highest BCUT2D eigenvalue weighted by Crippen LogP contribution is 2.32.